The Morgan fingerprint density at radius 1 is 1.15 bits per heavy atom. The third kappa shape index (κ3) is 4.57. The summed E-state index contributed by atoms with van der Waals surface area (Å²) in [4.78, 5) is 12.4. The number of ether oxygens (including phenoxy) is 1. The molecule has 0 amide bonds. The molecule has 0 aromatic heterocycles. The molecule has 27 heavy (non-hydrogen) atoms. The Morgan fingerprint density at radius 3 is 2.52 bits per heavy atom. The molecule has 3 rings (SSSR count). The molecular weight excluding hydrogens is 362 g/mol. The number of unbranched alkanes of at least 4 members (excludes halogenated alkanes) is 1. The highest BCUT2D eigenvalue weighted by Crippen LogP contribution is 2.26. The highest BCUT2D eigenvalue weighted by Gasteiger charge is 2.27. The first kappa shape index (κ1) is 19.6. The van der Waals surface area contributed by atoms with Crippen LogP contribution < -0.4 is 9.46 Å². The van der Waals surface area contributed by atoms with Crippen LogP contribution in [-0.4, -0.2) is 27.4 Å². The molecule has 5 nitrogen and oxygen atoms in total. The molecule has 1 N–H and O–H groups in total. The molecule has 1 aliphatic carbocycles. The van der Waals surface area contributed by atoms with Crippen LogP contribution in [0.4, 0.5) is 0 Å². The number of methoxy groups -OCH3 is 1. The van der Waals surface area contributed by atoms with Crippen LogP contribution in [0.2, 0.25) is 0 Å². The van der Waals surface area contributed by atoms with Gasteiger partial charge < -0.3 is 4.74 Å². The third-order valence-electron chi connectivity index (χ3n) is 4.81. The van der Waals surface area contributed by atoms with Crippen molar-refractivity contribution in [1.29, 1.82) is 0 Å². The normalized spacial score (nSPS) is 16.1. The molecule has 1 unspecified atom stereocenters. The van der Waals surface area contributed by atoms with Crippen molar-refractivity contribution >= 4 is 15.8 Å². The van der Waals surface area contributed by atoms with Crippen molar-refractivity contribution in [3.8, 4) is 5.75 Å². The summed E-state index contributed by atoms with van der Waals surface area (Å²) in [5.74, 6) is 0.734. The number of fused-ring (bicyclic) bond motifs is 1. The summed E-state index contributed by atoms with van der Waals surface area (Å²) in [6, 6.07) is 11.8. The zero-order valence-corrected chi connectivity index (χ0v) is 16.4. The first-order chi connectivity index (χ1) is 12.9. The van der Waals surface area contributed by atoms with Gasteiger partial charge in [-0.3, -0.25) is 4.79 Å². The maximum Gasteiger partial charge on any atom is 0.240 e. The topological polar surface area (TPSA) is 72.5 Å². The van der Waals surface area contributed by atoms with E-state index in [9.17, 15) is 13.2 Å². The minimum absolute atomic E-state index is 0.123. The summed E-state index contributed by atoms with van der Waals surface area (Å²) in [6.07, 6.45) is 4.46. The molecule has 2 aromatic rings. The number of Topliss-reactive ketones (excluding diaryl/α,β-unsaturated/α-hetero) is 1. The van der Waals surface area contributed by atoms with E-state index in [1.165, 1.54) is 19.2 Å². The summed E-state index contributed by atoms with van der Waals surface area (Å²) in [7, 11) is -2.06. The lowest BCUT2D eigenvalue weighted by Crippen LogP contribution is -2.35. The highest BCUT2D eigenvalue weighted by atomic mass is 32.2. The van der Waals surface area contributed by atoms with Crippen molar-refractivity contribution in [2.45, 2.75) is 43.5 Å². The summed E-state index contributed by atoms with van der Waals surface area (Å²) in [6.45, 7) is 1.94. The van der Waals surface area contributed by atoms with E-state index in [-0.39, 0.29) is 16.7 Å². The van der Waals surface area contributed by atoms with E-state index in [2.05, 4.69) is 4.72 Å². The number of carbonyl (C=O) groups excluding carboxylic acids is 1. The Hall–Kier alpha value is -2.18. The molecule has 0 fully saturated rings. The number of hydrogen-bond acceptors (Lipinski definition) is 4. The van der Waals surface area contributed by atoms with Crippen LogP contribution in [-0.2, 0) is 22.9 Å². The molecule has 0 heterocycles. The lowest BCUT2D eigenvalue weighted by molar-refractivity contribution is 0.0982. The molecule has 0 spiro atoms. The minimum atomic E-state index is -3.60. The maximum atomic E-state index is 12.6. The van der Waals surface area contributed by atoms with E-state index >= 15 is 0 Å². The number of rotatable bonds is 8. The molecule has 1 radical (unpaired) electrons. The molecule has 143 valence electrons. The van der Waals surface area contributed by atoms with Crippen molar-refractivity contribution in [1.82, 2.24) is 4.72 Å². The second kappa shape index (κ2) is 8.23. The third-order valence-corrected chi connectivity index (χ3v) is 6.35. The maximum absolute atomic E-state index is 12.6. The zero-order chi connectivity index (χ0) is 19.4. The standard InChI is InChI=1S/C21H24NO4S/c1-3-4-5-21(23)16-7-6-15-13-18(14-17(15)12-16)22-27(24,25)20-10-8-19(26-2)9-11-20/h3,6-12,18,22H,4-5,13-14H2,1-2H3. The van der Waals surface area contributed by atoms with Gasteiger partial charge in [-0.15, -0.1) is 0 Å². The average Bonchev–Trinajstić information content (AvgIpc) is 3.06. The second-order valence-electron chi connectivity index (χ2n) is 6.76. The van der Waals surface area contributed by atoms with E-state index in [0.717, 1.165) is 17.5 Å². The van der Waals surface area contributed by atoms with Crippen molar-refractivity contribution in [2.24, 2.45) is 0 Å². The Kier molecular flexibility index (Phi) is 5.97. The zero-order valence-electron chi connectivity index (χ0n) is 15.6. The van der Waals surface area contributed by atoms with Gasteiger partial charge in [-0.25, -0.2) is 13.1 Å². The first-order valence-corrected chi connectivity index (χ1v) is 10.5. The van der Waals surface area contributed by atoms with Crippen LogP contribution in [0.5, 0.6) is 5.75 Å². The Bertz CT molecular complexity index is 920. The van der Waals surface area contributed by atoms with Crippen LogP contribution in [0, 0.1) is 6.42 Å². The predicted molar refractivity (Wildman–Crippen MR) is 104 cm³/mol. The lowest BCUT2D eigenvalue weighted by atomic mass is 10.0. The molecule has 1 aliphatic rings. The van der Waals surface area contributed by atoms with Gasteiger partial charge in [-0.05, 0) is 67.1 Å². The van der Waals surface area contributed by atoms with Crippen LogP contribution in [0.1, 0.15) is 41.3 Å². The number of hydrogen-bond donors (Lipinski definition) is 1. The molecule has 6 heteroatoms. The van der Waals surface area contributed by atoms with E-state index in [1.54, 1.807) is 12.1 Å². The monoisotopic (exact) mass is 386 g/mol. The Labute approximate surface area is 160 Å². The highest BCUT2D eigenvalue weighted by molar-refractivity contribution is 7.89. The first-order valence-electron chi connectivity index (χ1n) is 9.02. The fourth-order valence-electron chi connectivity index (χ4n) is 3.34. The average molecular weight is 386 g/mol. The molecule has 0 bridgehead atoms. The quantitative estimate of drug-likeness (QED) is 0.707. The van der Waals surface area contributed by atoms with Crippen molar-refractivity contribution < 1.29 is 17.9 Å². The van der Waals surface area contributed by atoms with Gasteiger partial charge in [0.05, 0.1) is 12.0 Å². The van der Waals surface area contributed by atoms with E-state index in [0.29, 0.717) is 30.6 Å². The van der Waals surface area contributed by atoms with Crippen LogP contribution in [0.25, 0.3) is 0 Å². The van der Waals surface area contributed by atoms with Gasteiger partial charge in [0.25, 0.3) is 0 Å². The molecule has 0 saturated carbocycles. The van der Waals surface area contributed by atoms with Crippen LogP contribution in [0.15, 0.2) is 47.4 Å². The van der Waals surface area contributed by atoms with Gasteiger partial charge in [-0.2, -0.15) is 0 Å². The van der Waals surface area contributed by atoms with Gasteiger partial charge in [0, 0.05) is 18.0 Å². The van der Waals surface area contributed by atoms with Gasteiger partial charge in [-0.1, -0.05) is 19.1 Å². The Balaban J connectivity index is 1.69. The largest absolute Gasteiger partial charge is 0.497 e. The number of carbonyl (C=O) groups is 1. The SMILES string of the molecule is C[CH]CCC(=O)c1ccc2c(c1)CC(NS(=O)(=O)c1ccc(OC)cc1)C2. The molecule has 2 aromatic carbocycles. The predicted octanol–water partition coefficient (Wildman–Crippen LogP) is 3.33. The van der Waals surface area contributed by atoms with Crippen molar-refractivity contribution in [3.05, 3.63) is 65.6 Å². The number of nitrogens with one attached hydrogen (secondary N) is 1. The van der Waals surface area contributed by atoms with Crippen molar-refractivity contribution in [3.63, 3.8) is 0 Å². The number of ketones is 1. The van der Waals surface area contributed by atoms with E-state index in [4.69, 9.17) is 4.74 Å². The Morgan fingerprint density at radius 2 is 1.85 bits per heavy atom. The van der Waals surface area contributed by atoms with Crippen LogP contribution >= 0.6 is 0 Å². The summed E-state index contributed by atoms with van der Waals surface area (Å²) in [5, 5.41) is 0. The summed E-state index contributed by atoms with van der Waals surface area (Å²) < 4.78 is 33.1. The fraction of sp³-hybridized carbons (Fsp3) is 0.333. The van der Waals surface area contributed by atoms with Gasteiger partial charge in [0.15, 0.2) is 5.78 Å². The fourth-order valence-corrected chi connectivity index (χ4v) is 4.57. The van der Waals surface area contributed by atoms with Crippen LogP contribution in [0.3, 0.4) is 0 Å². The molecular formula is C21H24NO4S. The number of sulfonamides is 1. The van der Waals surface area contributed by atoms with E-state index in [1.807, 2.05) is 31.5 Å². The van der Waals surface area contributed by atoms with Gasteiger partial charge in [0.2, 0.25) is 10.0 Å². The van der Waals surface area contributed by atoms with Crippen molar-refractivity contribution in [2.75, 3.05) is 7.11 Å². The molecule has 0 aliphatic heterocycles. The molecule has 0 saturated heterocycles. The minimum Gasteiger partial charge on any atom is -0.497 e. The number of benzene rings is 2. The van der Waals surface area contributed by atoms with E-state index < -0.39 is 10.0 Å². The van der Waals surface area contributed by atoms with Gasteiger partial charge in [0.1, 0.15) is 5.75 Å². The second-order valence-corrected chi connectivity index (χ2v) is 8.47. The molecule has 1 atom stereocenters. The summed E-state index contributed by atoms with van der Waals surface area (Å²) in [5.41, 5.74) is 2.84. The lowest BCUT2D eigenvalue weighted by Gasteiger charge is -2.13. The van der Waals surface area contributed by atoms with Gasteiger partial charge >= 0.3 is 0 Å². The smallest absolute Gasteiger partial charge is 0.240 e. The summed E-state index contributed by atoms with van der Waals surface area (Å²) >= 11 is 0.